The molecule has 2 rings (SSSR count). The van der Waals surface area contributed by atoms with E-state index in [2.05, 4.69) is 16.6 Å². The van der Waals surface area contributed by atoms with Gasteiger partial charge in [0.05, 0.1) is 24.7 Å². The van der Waals surface area contributed by atoms with Crippen molar-refractivity contribution in [2.24, 2.45) is 0 Å². The van der Waals surface area contributed by atoms with Gasteiger partial charge in [0, 0.05) is 6.61 Å². The Morgan fingerprint density at radius 2 is 1.51 bits per heavy atom. The minimum atomic E-state index is -4.12. The third kappa shape index (κ3) is 10.8. The zero-order valence-electron chi connectivity index (χ0n) is 20.8. The highest BCUT2D eigenvalue weighted by molar-refractivity contribution is 7.89. The Bertz CT molecular complexity index is 1110. The van der Waals surface area contributed by atoms with Gasteiger partial charge in [-0.15, -0.1) is 5.92 Å². The number of carbonyl (C=O) groups is 1. The van der Waals surface area contributed by atoms with E-state index in [-0.39, 0.29) is 24.9 Å². The van der Waals surface area contributed by atoms with Crippen LogP contribution in [-0.2, 0) is 29.0 Å². The van der Waals surface area contributed by atoms with Gasteiger partial charge in [-0.1, -0.05) is 18.1 Å². The molecular weight excluding hydrogens is 504 g/mol. The summed E-state index contributed by atoms with van der Waals surface area (Å²) in [5.41, 5.74) is 1.78. The molecule has 0 fully saturated rings. The van der Waals surface area contributed by atoms with E-state index in [1.807, 2.05) is 6.92 Å². The molecule has 11 nitrogen and oxygen atoms in total. The molecule has 0 saturated carbocycles. The predicted molar refractivity (Wildman–Crippen MR) is 134 cm³/mol. The van der Waals surface area contributed by atoms with Gasteiger partial charge < -0.3 is 23.7 Å². The highest BCUT2D eigenvalue weighted by Crippen LogP contribution is 2.22. The molecule has 0 saturated heterocycles. The normalized spacial score (nSPS) is 11.8. The minimum Gasteiger partial charge on any atom is -0.491 e. The molecule has 0 bridgehead atoms. The molecule has 2 aromatic rings. The fraction of sp³-hybridized carbons (Fsp3) is 0.400. The first kappa shape index (κ1) is 30.0. The average Bonchev–Trinajstić information content (AvgIpc) is 2.91. The van der Waals surface area contributed by atoms with E-state index < -0.39 is 22.0 Å². The summed E-state index contributed by atoms with van der Waals surface area (Å²) in [5, 5.41) is 9.16. The maximum Gasteiger partial charge on any atom is 0.266 e. The first-order chi connectivity index (χ1) is 17.9. The molecule has 0 heterocycles. The summed E-state index contributed by atoms with van der Waals surface area (Å²) in [5.74, 6) is 5.41. The number of amides is 1. The Morgan fingerprint density at radius 1 is 0.919 bits per heavy atom. The van der Waals surface area contributed by atoms with Gasteiger partial charge in [0.25, 0.3) is 5.91 Å². The van der Waals surface area contributed by atoms with Crippen molar-refractivity contribution >= 4 is 15.9 Å². The average molecular weight is 537 g/mol. The van der Waals surface area contributed by atoms with Crippen LogP contribution in [0.4, 0.5) is 0 Å². The van der Waals surface area contributed by atoms with E-state index in [0.29, 0.717) is 43.5 Å². The molecule has 3 N–H and O–H groups in total. The second kappa shape index (κ2) is 16.5. The summed E-state index contributed by atoms with van der Waals surface area (Å²) >= 11 is 0. The molecule has 37 heavy (non-hydrogen) atoms. The van der Waals surface area contributed by atoms with Gasteiger partial charge in [-0.25, -0.2) is 13.9 Å². The van der Waals surface area contributed by atoms with Gasteiger partial charge in [-0.2, -0.15) is 4.72 Å². The first-order valence-electron chi connectivity index (χ1n) is 11.5. The zero-order valence-corrected chi connectivity index (χ0v) is 21.6. The van der Waals surface area contributed by atoms with Crippen LogP contribution < -0.4 is 19.7 Å². The molecular formula is C25H32N2O9S. The molecule has 1 amide bonds. The minimum absolute atomic E-state index is 0.0843. The standard InChI is InChI=1S/C25H32N2O9S/c1-3-5-14-35-22-10-12-23(13-11-22)37(30,31)27-24(25(28)26-29)20-6-8-21(9-7-20)36-18-17-34-19-33-16-15-32-4-2/h6-13,24,27,29H,4,14-19H2,1-2H3,(H,26,28). The van der Waals surface area contributed by atoms with Crippen LogP contribution in [0.3, 0.4) is 0 Å². The molecule has 0 aliphatic rings. The van der Waals surface area contributed by atoms with Gasteiger partial charge in [0.2, 0.25) is 10.0 Å². The predicted octanol–water partition coefficient (Wildman–Crippen LogP) is 2.02. The molecule has 1 unspecified atom stereocenters. The Labute approximate surface area is 217 Å². The van der Waals surface area contributed by atoms with Crippen molar-refractivity contribution in [3.8, 4) is 23.3 Å². The maximum atomic E-state index is 12.9. The number of nitrogens with one attached hydrogen (secondary N) is 2. The van der Waals surface area contributed by atoms with Gasteiger partial charge in [0.15, 0.2) is 0 Å². The molecule has 2 aromatic carbocycles. The van der Waals surface area contributed by atoms with E-state index in [4.69, 9.17) is 28.9 Å². The van der Waals surface area contributed by atoms with E-state index in [1.54, 1.807) is 19.1 Å². The molecule has 0 spiro atoms. The quantitative estimate of drug-likeness (QED) is 0.0910. The van der Waals surface area contributed by atoms with Crippen LogP contribution in [0.1, 0.15) is 25.5 Å². The topological polar surface area (TPSA) is 142 Å². The lowest BCUT2D eigenvalue weighted by molar-refractivity contribution is -0.131. The molecule has 202 valence electrons. The van der Waals surface area contributed by atoms with Crippen LogP contribution in [0.5, 0.6) is 11.5 Å². The molecule has 1 atom stereocenters. The maximum absolute atomic E-state index is 12.9. The number of rotatable bonds is 17. The van der Waals surface area contributed by atoms with E-state index in [0.717, 1.165) is 0 Å². The largest absolute Gasteiger partial charge is 0.491 e. The number of hydrogen-bond donors (Lipinski definition) is 3. The van der Waals surface area contributed by atoms with Crippen molar-refractivity contribution in [1.82, 2.24) is 10.2 Å². The summed E-state index contributed by atoms with van der Waals surface area (Å²) in [6.07, 6.45) is 0. The lowest BCUT2D eigenvalue weighted by atomic mass is 10.1. The van der Waals surface area contributed by atoms with E-state index >= 15 is 0 Å². The molecule has 0 aliphatic heterocycles. The number of hydroxylamine groups is 1. The molecule has 0 aromatic heterocycles. The smallest absolute Gasteiger partial charge is 0.266 e. The Kier molecular flexibility index (Phi) is 13.4. The fourth-order valence-electron chi connectivity index (χ4n) is 2.88. The number of ether oxygens (including phenoxy) is 5. The van der Waals surface area contributed by atoms with Crippen molar-refractivity contribution in [2.45, 2.75) is 24.8 Å². The van der Waals surface area contributed by atoms with E-state index in [9.17, 15) is 13.2 Å². The van der Waals surface area contributed by atoms with Crippen LogP contribution in [0.25, 0.3) is 0 Å². The van der Waals surface area contributed by atoms with Crippen LogP contribution in [0.2, 0.25) is 0 Å². The summed E-state index contributed by atoms with van der Waals surface area (Å²) in [6, 6.07) is 10.4. The van der Waals surface area contributed by atoms with Crippen LogP contribution >= 0.6 is 0 Å². The molecule has 0 radical (unpaired) electrons. The highest BCUT2D eigenvalue weighted by Gasteiger charge is 2.27. The zero-order chi connectivity index (χ0) is 26.9. The lowest BCUT2D eigenvalue weighted by Crippen LogP contribution is -2.39. The van der Waals surface area contributed by atoms with Crippen molar-refractivity contribution in [3.63, 3.8) is 0 Å². The SMILES string of the molecule is CC#CCOc1ccc(S(=O)(=O)NC(C(=O)NO)c2ccc(OCCOCOCCOCC)cc2)cc1. The second-order valence-corrected chi connectivity index (χ2v) is 8.98. The highest BCUT2D eigenvalue weighted by atomic mass is 32.2. The van der Waals surface area contributed by atoms with Crippen LogP contribution in [0.15, 0.2) is 53.4 Å². The van der Waals surface area contributed by atoms with Crippen molar-refractivity contribution < 1.29 is 42.1 Å². The van der Waals surface area contributed by atoms with E-state index in [1.165, 1.54) is 41.9 Å². The van der Waals surface area contributed by atoms with Crippen LogP contribution in [0, 0.1) is 11.8 Å². The van der Waals surface area contributed by atoms with Gasteiger partial charge in [-0.05, 0) is 55.8 Å². The Morgan fingerprint density at radius 3 is 2.14 bits per heavy atom. The van der Waals surface area contributed by atoms with Crippen LogP contribution in [-0.4, -0.2) is 66.0 Å². The monoisotopic (exact) mass is 536 g/mol. The van der Waals surface area contributed by atoms with Gasteiger partial charge in [-0.3, -0.25) is 10.0 Å². The second-order valence-electron chi connectivity index (χ2n) is 7.27. The molecule has 0 aliphatic carbocycles. The number of hydrogen-bond acceptors (Lipinski definition) is 9. The Balaban J connectivity index is 1.93. The van der Waals surface area contributed by atoms with Gasteiger partial charge in [0.1, 0.15) is 37.5 Å². The Hall–Kier alpha value is -3.18. The summed E-state index contributed by atoms with van der Waals surface area (Å²) < 4.78 is 54.7. The summed E-state index contributed by atoms with van der Waals surface area (Å²) in [6.45, 7) is 6.02. The number of benzene rings is 2. The summed E-state index contributed by atoms with van der Waals surface area (Å²) in [7, 11) is -4.12. The van der Waals surface area contributed by atoms with Crippen molar-refractivity contribution in [3.05, 3.63) is 54.1 Å². The first-order valence-corrected chi connectivity index (χ1v) is 12.9. The van der Waals surface area contributed by atoms with Crippen molar-refractivity contribution in [1.29, 1.82) is 0 Å². The van der Waals surface area contributed by atoms with Gasteiger partial charge >= 0.3 is 0 Å². The van der Waals surface area contributed by atoms with Crippen molar-refractivity contribution in [2.75, 3.05) is 46.4 Å². The third-order valence-corrected chi connectivity index (χ3v) is 6.16. The molecule has 12 heteroatoms. The number of carbonyl (C=O) groups excluding carboxylic acids is 1. The third-order valence-electron chi connectivity index (χ3n) is 4.72. The fourth-order valence-corrected chi connectivity index (χ4v) is 4.07. The summed E-state index contributed by atoms with van der Waals surface area (Å²) in [4.78, 5) is 12.2. The lowest BCUT2D eigenvalue weighted by Gasteiger charge is -2.18. The number of sulfonamides is 1.